The number of rotatable bonds is 5. The Morgan fingerprint density at radius 2 is 1.96 bits per heavy atom. The second kappa shape index (κ2) is 7.76. The first kappa shape index (κ1) is 17.0. The van der Waals surface area contributed by atoms with Gasteiger partial charge in [-0.2, -0.15) is 0 Å². The molecule has 0 saturated carbocycles. The van der Waals surface area contributed by atoms with Gasteiger partial charge in [0, 0.05) is 13.5 Å². The van der Waals surface area contributed by atoms with E-state index in [2.05, 4.69) is 5.32 Å². The number of carbonyl (C=O) groups is 3. The predicted molar refractivity (Wildman–Crippen MR) is 84.6 cm³/mol. The fraction of sp³-hybridized carbons (Fsp3) is 0.471. The number of benzene rings is 1. The molecule has 0 aromatic heterocycles. The van der Waals surface area contributed by atoms with Crippen molar-refractivity contribution in [2.24, 2.45) is 0 Å². The maximum absolute atomic E-state index is 12.6. The minimum Gasteiger partial charge on any atom is -0.480 e. The number of piperidine rings is 1. The molecule has 6 nitrogen and oxygen atoms in total. The maximum Gasteiger partial charge on any atom is 0.326 e. The first-order chi connectivity index (χ1) is 11.0. The van der Waals surface area contributed by atoms with Gasteiger partial charge in [0.2, 0.25) is 11.8 Å². The fourth-order valence-electron chi connectivity index (χ4n) is 2.96. The van der Waals surface area contributed by atoms with Crippen LogP contribution in [0.25, 0.3) is 0 Å². The third kappa shape index (κ3) is 4.55. The van der Waals surface area contributed by atoms with Gasteiger partial charge in [0.1, 0.15) is 6.04 Å². The Morgan fingerprint density at radius 1 is 1.26 bits per heavy atom. The van der Waals surface area contributed by atoms with E-state index in [1.165, 1.54) is 11.8 Å². The van der Waals surface area contributed by atoms with Gasteiger partial charge in [-0.15, -0.1) is 0 Å². The van der Waals surface area contributed by atoms with E-state index in [-0.39, 0.29) is 18.2 Å². The molecule has 1 saturated heterocycles. The van der Waals surface area contributed by atoms with E-state index >= 15 is 0 Å². The monoisotopic (exact) mass is 318 g/mol. The Labute approximate surface area is 135 Å². The van der Waals surface area contributed by atoms with Crippen molar-refractivity contribution in [3.8, 4) is 0 Å². The van der Waals surface area contributed by atoms with Crippen LogP contribution in [0.3, 0.4) is 0 Å². The topological polar surface area (TPSA) is 86.7 Å². The molecule has 2 N–H and O–H groups in total. The quantitative estimate of drug-likeness (QED) is 0.865. The van der Waals surface area contributed by atoms with Gasteiger partial charge in [-0.05, 0) is 24.8 Å². The smallest absolute Gasteiger partial charge is 0.326 e. The molecule has 2 amide bonds. The number of amides is 2. The normalized spacial score (nSPS) is 19.0. The van der Waals surface area contributed by atoms with Crippen LogP contribution in [0.2, 0.25) is 0 Å². The molecule has 2 atom stereocenters. The molecular weight excluding hydrogens is 296 g/mol. The second-order valence-electron chi connectivity index (χ2n) is 5.80. The van der Waals surface area contributed by atoms with Gasteiger partial charge in [0.15, 0.2) is 0 Å². The molecule has 0 radical (unpaired) electrons. The zero-order valence-corrected chi connectivity index (χ0v) is 13.2. The first-order valence-electron chi connectivity index (χ1n) is 7.83. The zero-order valence-electron chi connectivity index (χ0n) is 13.2. The van der Waals surface area contributed by atoms with Gasteiger partial charge in [0.05, 0.1) is 12.5 Å². The second-order valence-corrected chi connectivity index (χ2v) is 5.80. The molecule has 23 heavy (non-hydrogen) atoms. The molecule has 1 fully saturated rings. The van der Waals surface area contributed by atoms with Crippen LogP contribution in [-0.4, -0.2) is 40.4 Å². The van der Waals surface area contributed by atoms with Crippen LogP contribution in [0.15, 0.2) is 30.3 Å². The molecule has 6 heteroatoms. The standard InChI is InChI=1S/C17H22N2O4/c1-12(20)18-14(13-7-3-2-4-8-13)11-16(21)19-10-6-5-9-15(19)17(22)23/h2-4,7-8,14-15H,5-6,9-11H2,1H3,(H,18,20)(H,22,23)/t14-,15-/m1/s1. The highest BCUT2D eigenvalue weighted by atomic mass is 16.4. The van der Waals surface area contributed by atoms with Crippen LogP contribution >= 0.6 is 0 Å². The van der Waals surface area contributed by atoms with Crippen molar-refractivity contribution in [3.05, 3.63) is 35.9 Å². The highest BCUT2D eigenvalue weighted by molar-refractivity contribution is 5.85. The Bertz CT molecular complexity index is 573. The van der Waals surface area contributed by atoms with Crippen LogP contribution in [0.5, 0.6) is 0 Å². The lowest BCUT2D eigenvalue weighted by Gasteiger charge is -2.34. The number of carbonyl (C=O) groups excluding carboxylic acids is 2. The lowest BCUT2D eigenvalue weighted by molar-refractivity contribution is -0.152. The molecule has 1 aromatic carbocycles. The van der Waals surface area contributed by atoms with Crippen LogP contribution < -0.4 is 5.32 Å². The molecule has 0 bridgehead atoms. The maximum atomic E-state index is 12.6. The average molecular weight is 318 g/mol. The summed E-state index contributed by atoms with van der Waals surface area (Å²) < 4.78 is 0. The molecule has 124 valence electrons. The van der Waals surface area contributed by atoms with E-state index in [1.54, 1.807) is 0 Å². The van der Waals surface area contributed by atoms with Crippen LogP contribution in [-0.2, 0) is 14.4 Å². The van der Waals surface area contributed by atoms with Crippen LogP contribution in [0.1, 0.15) is 44.2 Å². The van der Waals surface area contributed by atoms with Crippen molar-refractivity contribution in [2.75, 3.05) is 6.54 Å². The summed E-state index contributed by atoms with van der Waals surface area (Å²) in [5.74, 6) is -1.42. The number of nitrogens with zero attached hydrogens (tertiary/aromatic N) is 1. The summed E-state index contributed by atoms with van der Waals surface area (Å²) in [5.41, 5.74) is 0.833. The Morgan fingerprint density at radius 3 is 2.57 bits per heavy atom. The average Bonchev–Trinajstić information content (AvgIpc) is 2.54. The van der Waals surface area contributed by atoms with Crippen molar-refractivity contribution in [3.63, 3.8) is 0 Å². The Balaban J connectivity index is 2.13. The van der Waals surface area contributed by atoms with Gasteiger partial charge in [-0.3, -0.25) is 9.59 Å². The molecule has 1 aliphatic heterocycles. The summed E-state index contributed by atoms with van der Waals surface area (Å²) >= 11 is 0. The van der Waals surface area contributed by atoms with E-state index in [0.717, 1.165) is 18.4 Å². The van der Waals surface area contributed by atoms with E-state index in [9.17, 15) is 19.5 Å². The van der Waals surface area contributed by atoms with Crippen LogP contribution in [0.4, 0.5) is 0 Å². The molecule has 0 unspecified atom stereocenters. The number of likely N-dealkylation sites (tertiary alicyclic amines) is 1. The van der Waals surface area contributed by atoms with E-state index < -0.39 is 18.1 Å². The summed E-state index contributed by atoms with van der Waals surface area (Å²) in [6.07, 6.45) is 2.17. The fourth-order valence-corrected chi connectivity index (χ4v) is 2.96. The molecule has 1 heterocycles. The van der Waals surface area contributed by atoms with Gasteiger partial charge in [-0.1, -0.05) is 30.3 Å². The van der Waals surface area contributed by atoms with Gasteiger partial charge in [0.25, 0.3) is 0 Å². The van der Waals surface area contributed by atoms with Gasteiger partial charge < -0.3 is 15.3 Å². The predicted octanol–water partition coefficient (Wildman–Crippen LogP) is 1.72. The molecule has 0 spiro atoms. The molecule has 1 aromatic rings. The summed E-state index contributed by atoms with van der Waals surface area (Å²) in [5, 5.41) is 12.1. The SMILES string of the molecule is CC(=O)N[C@H](CC(=O)N1CCCC[C@@H]1C(=O)O)c1ccccc1. The molecule has 1 aliphatic rings. The van der Waals surface area contributed by atoms with Crippen LogP contribution in [0, 0.1) is 0 Å². The summed E-state index contributed by atoms with van der Waals surface area (Å²) in [6, 6.07) is 8.03. The van der Waals surface area contributed by atoms with E-state index in [4.69, 9.17) is 0 Å². The highest BCUT2D eigenvalue weighted by Gasteiger charge is 2.33. The Hall–Kier alpha value is -2.37. The third-order valence-electron chi connectivity index (χ3n) is 4.07. The number of nitrogens with one attached hydrogen (secondary N) is 1. The van der Waals surface area contributed by atoms with E-state index in [0.29, 0.717) is 13.0 Å². The minimum absolute atomic E-state index is 0.0629. The van der Waals surface area contributed by atoms with Crippen molar-refractivity contribution in [1.82, 2.24) is 10.2 Å². The molecule has 0 aliphatic carbocycles. The van der Waals surface area contributed by atoms with Crippen molar-refractivity contribution in [1.29, 1.82) is 0 Å². The zero-order chi connectivity index (χ0) is 16.8. The third-order valence-corrected chi connectivity index (χ3v) is 4.07. The number of aliphatic carboxylic acids is 1. The highest BCUT2D eigenvalue weighted by Crippen LogP contribution is 2.22. The lowest BCUT2D eigenvalue weighted by atomic mass is 9.99. The summed E-state index contributed by atoms with van der Waals surface area (Å²) in [7, 11) is 0. The molecular formula is C17H22N2O4. The van der Waals surface area contributed by atoms with Crippen molar-refractivity contribution in [2.45, 2.75) is 44.7 Å². The van der Waals surface area contributed by atoms with Gasteiger partial charge >= 0.3 is 5.97 Å². The number of hydrogen-bond acceptors (Lipinski definition) is 3. The van der Waals surface area contributed by atoms with Crippen molar-refractivity contribution < 1.29 is 19.5 Å². The largest absolute Gasteiger partial charge is 0.480 e. The van der Waals surface area contributed by atoms with Crippen molar-refractivity contribution >= 4 is 17.8 Å². The van der Waals surface area contributed by atoms with Gasteiger partial charge in [-0.25, -0.2) is 4.79 Å². The Kier molecular flexibility index (Phi) is 5.73. The first-order valence-corrected chi connectivity index (χ1v) is 7.83. The van der Waals surface area contributed by atoms with E-state index in [1.807, 2.05) is 30.3 Å². The summed E-state index contributed by atoms with van der Waals surface area (Å²) in [6.45, 7) is 1.86. The number of hydrogen-bond donors (Lipinski definition) is 2. The molecule has 2 rings (SSSR count). The minimum atomic E-state index is -0.964. The number of carboxylic acid groups (broad SMARTS) is 1. The lowest BCUT2D eigenvalue weighted by Crippen LogP contribution is -2.48. The number of carboxylic acids is 1. The summed E-state index contributed by atoms with van der Waals surface area (Å²) in [4.78, 5) is 36.8.